The predicted molar refractivity (Wildman–Crippen MR) is 39.4 cm³/mol. The van der Waals surface area contributed by atoms with E-state index in [0.717, 1.165) is 6.20 Å². The number of hydrogen-bond acceptors (Lipinski definition) is 2. The maximum atomic E-state index is 12.8. The molecule has 1 aromatic rings. The van der Waals surface area contributed by atoms with E-state index < -0.39 is 17.6 Å². The highest BCUT2D eigenvalue weighted by Crippen LogP contribution is 2.26. The average Bonchev–Trinajstić information content (AvgIpc) is 2.51. The molecule has 1 N–H and O–H groups in total. The first-order valence-corrected chi connectivity index (χ1v) is 3.62. The lowest BCUT2D eigenvalue weighted by atomic mass is 10.2. The number of hydrogen-bond donors (Lipinski definition) is 1. The molecule has 0 spiro atoms. The number of aromatic nitrogens is 2. The number of rotatable bonds is 3. The summed E-state index contributed by atoms with van der Waals surface area (Å²) in [5.74, 6) is -6.09. The molecule has 0 aliphatic rings. The Bertz CT molecular complexity index is 322. The lowest BCUT2D eigenvalue weighted by Crippen LogP contribution is -2.25. The Hall–Kier alpha value is -1.46. The third-order valence-electron chi connectivity index (χ3n) is 1.59. The van der Waals surface area contributed by atoms with Gasteiger partial charge in [-0.2, -0.15) is 8.78 Å². The van der Waals surface area contributed by atoms with Gasteiger partial charge in [0.2, 0.25) is 0 Å². The monoisotopic (exact) mass is 190 g/mol. The second kappa shape index (κ2) is 3.12. The smallest absolute Gasteiger partial charge is 0.385 e. The molecule has 0 saturated carbocycles. The van der Waals surface area contributed by atoms with Gasteiger partial charge in [-0.3, -0.25) is 0 Å². The molecule has 0 atom stereocenters. The summed E-state index contributed by atoms with van der Waals surface area (Å²) in [6, 6.07) is 0. The molecule has 72 valence electrons. The van der Waals surface area contributed by atoms with Crippen LogP contribution in [0.3, 0.4) is 0 Å². The molecular formula is C7H8F2N2O2. The van der Waals surface area contributed by atoms with Crippen molar-refractivity contribution < 1.29 is 18.7 Å². The van der Waals surface area contributed by atoms with Crippen LogP contribution in [-0.4, -0.2) is 20.6 Å². The van der Waals surface area contributed by atoms with E-state index in [1.807, 2.05) is 0 Å². The van der Waals surface area contributed by atoms with Gasteiger partial charge in [0.05, 0.1) is 6.33 Å². The predicted octanol–water partition coefficient (Wildman–Crippen LogP) is 1.08. The fourth-order valence-electron chi connectivity index (χ4n) is 0.805. The molecule has 0 aliphatic heterocycles. The number of carbonyl (C=O) groups is 1. The first-order valence-electron chi connectivity index (χ1n) is 3.62. The molecule has 0 aliphatic carbocycles. The van der Waals surface area contributed by atoms with Crippen LogP contribution in [0.2, 0.25) is 0 Å². The lowest BCUT2D eigenvalue weighted by Gasteiger charge is -2.06. The molecule has 0 amide bonds. The van der Waals surface area contributed by atoms with E-state index in [9.17, 15) is 13.6 Å². The minimum Gasteiger partial charge on any atom is -0.476 e. The number of imidazole rings is 1. The van der Waals surface area contributed by atoms with Gasteiger partial charge in [-0.1, -0.05) is 0 Å². The molecule has 13 heavy (non-hydrogen) atoms. The Kier molecular flexibility index (Phi) is 2.31. The highest BCUT2D eigenvalue weighted by atomic mass is 19.3. The lowest BCUT2D eigenvalue weighted by molar-refractivity contribution is -0.166. The van der Waals surface area contributed by atoms with Crippen LogP contribution in [0.25, 0.3) is 0 Å². The molecule has 6 heteroatoms. The minimum atomic E-state index is -3.90. The van der Waals surface area contributed by atoms with Gasteiger partial charge in [0.25, 0.3) is 0 Å². The van der Waals surface area contributed by atoms with Crippen molar-refractivity contribution in [2.45, 2.75) is 19.4 Å². The van der Waals surface area contributed by atoms with Crippen LogP contribution in [-0.2, 0) is 17.3 Å². The molecule has 0 fully saturated rings. The Morgan fingerprint density at radius 2 is 2.38 bits per heavy atom. The maximum Gasteiger partial charge on any atom is 0.385 e. The molecule has 1 heterocycles. The second-order valence-electron chi connectivity index (χ2n) is 2.47. The largest absolute Gasteiger partial charge is 0.476 e. The van der Waals surface area contributed by atoms with Gasteiger partial charge in [0.15, 0.2) is 0 Å². The quantitative estimate of drug-likeness (QED) is 0.775. The first-order chi connectivity index (χ1) is 5.98. The molecule has 1 rings (SSSR count). The van der Waals surface area contributed by atoms with Crippen LogP contribution in [0.5, 0.6) is 0 Å². The van der Waals surface area contributed by atoms with Crippen molar-refractivity contribution in [1.82, 2.24) is 9.55 Å². The number of nitrogens with zero attached hydrogens (tertiary/aromatic N) is 2. The molecular weight excluding hydrogens is 182 g/mol. The van der Waals surface area contributed by atoms with Crippen molar-refractivity contribution in [3.63, 3.8) is 0 Å². The fourth-order valence-corrected chi connectivity index (χ4v) is 0.805. The van der Waals surface area contributed by atoms with Gasteiger partial charge in [0.1, 0.15) is 5.69 Å². The Morgan fingerprint density at radius 1 is 1.77 bits per heavy atom. The van der Waals surface area contributed by atoms with E-state index in [0.29, 0.717) is 6.54 Å². The minimum absolute atomic E-state index is 0.475. The van der Waals surface area contributed by atoms with Crippen molar-refractivity contribution in [2.75, 3.05) is 0 Å². The number of carboxylic acids is 1. The van der Waals surface area contributed by atoms with E-state index in [4.69, 9.17) is 5.11 Å². The molecule has 4 nitrogen and oxygen atoms in total. The van der Waals surface area contributed by atoms with E-state index in [2.05, 4.69) is 4.98 Å². The van der Waals surface area contributed by atoms with Crippen LogP contribution in [0.15, 0.2) is 12.5 Å². The average molecular weight is 190 g/mol. The van der Waals surface area contributed by atoms with Crippen LogP contribution in [0, 0.1) is 0 Å². The first kappa shape index (κ1) is 9.63. The number of halogens is 2. The van der Waals surface area contributed by atoms with Gasteiger partial charge in [-0.25, -0.2) is 9.78 Å². The normalized spacial score (nSPS) is 11.6. The molecule has 1 aromatic heterocycles. The van der Waals surface area contributed by atoms with Crippen LogP contribution in [0.1, 0.15) is 12.6 Å². The van der Waals surface area contributed by atoms with Crippen molar-refractivity contribution >= 4 is 5.97 Å². The molecule has 0 radical (unpaired) electrons. The highest BCUT2D eigenvalue weighted by molar-refractivity contribution is 5.76. The molecule has 0 bridgehead atoms. The van der Waals surface area contributed by atoms with Gasteiger partial charge < -0.3 is 9.67 Å². The molecule has 0 unspecified atom stereocenters. The van der Waals surface area contributed by atoms with Gasteiger partial charge in [-0.15, -0.1) is 0 Å². The number of alkyl halides is 2. The van der Waals surface area contributed by atoms with Crippen LogP contribution >= 0.6 is 0 Å². The summed E-state index contributed by atoms with van der Waals surface area (Å²) in [5.41, 5.74) is -0.734. The summed E-state index contributed by atoms with van der Waals surface area (Å²) < 4.78 is 26.9. The zero-order valence-corrected chi connectivity index (χ0v) is 6.87. The Morgan fingerprint density at radius 3 is 2.77 bits per heavy atom. The molecule has 0 aromatic carbocycles. The van der Waals surface area contributed by atoms with Crippen molar-refractivity contribution in [1.29, 1.82) is 0 Å². The van der Waals surface area contributed by atoms with Crippen molar-refractivity contribution in [2.24, 2.45) is 0 Å². The Labute approximate surface area is 72.8 Å². The summed E-state index contributed by atoms with van der Waals surface area (Å²) in [7, 11) is 0. The van der Waals surface area contributed by atoms with E-state index >= 15 is 0 Å². The SMILES string of the molecule is CCn1cnc(C(F)(F)C(=O)O)c1. The second-order valence-corrected chi connectivity index (χ2v) is 2.47. The third-order valence-corrected chi connectivity index (χ3v) is 1.59. The summed E-state index contributed by atoms with van der Waals surface area (Å²) in [4.78, 5) is 13.4. The number of carboxylic acid groups (broad SMARTS) is 1. The van der Waals surface area contributed by atoms with Gasteiger partial charge >= 0.3 is 11.9 Å². The summed E-state index contributed by atoms with van der Waals surface area (Å²) in [6.45, 7) is 2.22. The summed E-state index contributed by atoms with van der Waals surface area (Å²) >= 11 is 0. The summed E-state index contributed by atoms with van der Waals surface area (Å²) in [6.07, 6.45) is 2.19. The van der Waals surface area contributed by atoms with Crippen molar-refractivity contribution in [3.8, 4) is 0 Å². The topological polar surface area (TPSA) is 55.1 Å². The standard InChI is InChI=1S/C7H8F2N2O2/c1-2-11-3-5(10-4-11)7(8,9)6(12)13/h3-4H,2H2,1H3,(H,12,13). The van der Waals surface area contributed by atoms with Crippen LogP contribution < -0.4 is 0 Å². The van der Waals surface area contributed by atoms with E-state index in [1.165, 1.54) is 10.9 Å². The maximum absolute atomic E-state index is 12.8. The molecule has 0 saturated heterocycles. The van der Waals surface area contributed by atoms with Gasteiger partial charge in [-0.05, 0) is 6.92 Å². The summed E-state index contributed by atoms with van der Waals surface area (Å²) in [5, 5.41) is 8.18. The van der Waals surface area contributed by atoms with Crippen LogP contribution in [0.4, 0.5) is 8.78 Å². The fraction of sp³-hybridized carbons (Fsp3) is 0.429. The zero-order valence-electron chi connectivity index (χ0n) is 6.87. The van der Waals surface area contributed by atoms with E-state index in [-0.39, 0.29) is 0 Å². The highest BCUT2D eigenvalue weighted by Gasteiger charge is 2.43. The Balaban J connectivity index is 3.00. The van der Waals surface area contributed by atoms with Gasteiger partial charge in [0, 0.05) is 12.7 Å². The number of aliphatic carboxylic acids is 1. The van der Waals surface area contributed by atoms with E-state index in [1.54, 1.807) is 6.92 Å². The number of aryl methyl sites for hydroxylation is 1. The zero-order chi connectivity index (χ0) is 10.1. The van der Waals surface area contributed by atoms with Crippen molar-refractivity contribution in [3.05, 3.63) is 18.2 Å². The third kappa shape index (κ3) is 1.66.